The molecule has 1 atom stereocenters. The lowest BCUT2D eigenvalue weighted by Crippen LogP contribution is -2.15. The minimum absolute atomic E-state index is 0.111. The number of carbonyl (C=O) groups excluding carboxylic acids is 1. The average molecular weight is 338 g/mol. The Morgan fingerprint density at radius 3 is 3.04 bits per heavy atom. The topological polar surface area (TPSA) is 61.1 Å². The predicted octanol–water partition coefficient (Wildman–Crippen LogP) is 3.29. The highest BCUT2D eigenvalue weighted by molar-refractivity contribution is 6.12. The van der Waals surface area contributed by atoms with E-state index in [-0.39, 0.29) is 12.0 Å². The van der Waals surface area contributed by atoms with Crippen LogP contribution in [0, 0.1) is 0 Å². The first kappa shape index (κ1) is 15.9. The molecule has 1 N–H and O–H groups in total. The number of ether oxygens (including phenoxy) is 1. The van der Waals surface area contributed by atoms with E-state index in [0.29, 0.717) is 11.3 Å². The number of nitrogens with zero attached hydrogens (tertiary/aromatic N) is 3. The van der Waals surface area contributed by atoms with E-state index in [0.717, 1.165) is 43.4 Å². The van der Waals surface area contributed by atoms with Crippen LogP contribution in [0.3, 0.4) is 0 Å². The number of aromatic nitrogens is 3. The summed E-state index contributed by atoms with van der Waals surface area (Å²) in [6.07, 6.45) is 7.86. The molecule has 25 heavy (non-hydrogen) atoms. The second-order valence-electron chi connectivity index (χ2n) is 6.39. The molecule has 1 saturated heterocycles. The molecule has 3 heterocycles. The van der Waals surface area contributed by atoms with Crippen molar-refractivity contribution < 1.29 is 9.53 Å². The van der Waals surface area contributed by atoms with Gasteiger partial charge in [-0.2, -0.15) is 5.10 Å². The summed E-state index contributed by atoms with van der Waals surface area (Å²) in [6, 6.07) is 7.97. The number of para-hydroxylation sites is 1. The molecule has 0 radical (unpaired) electrons. The van der Waals surface area contributed by atoms with Crippen LogP contribution in [0.2, 0.25) is 0 Å². The first-order valence-corrected chi connectivity index (χ1v) is 8.78. The van der Waals surface area contributed by atoms with Crippen molar-refractivity contribution >= 4 is 22.5 Å². The fraction of sp³-hybridized carbons (Fsp3) is 0.368. The van der Waals surface area contributed by atoms with E-state index < -0.39 is 0 Å². The Morgan fingerprint density at radius 2 is 2.24 bits per heavy atom. The maximum atomic E-state index is 12.7. The second kappa shape index (κ2) is 6.72. The van der Waals surface area contributed by atoms with Gasteiger partial charge in [-0.25, -0.2) is 0 Å². The molecule has 130 valence electrons. The van der Waals surface area contributed by atoms with Gasteiger partial charge < -0.3 is 14.6 Å². The second-order valence-corrected chi connectivity index (χ2v) is 6.39. The molecule has 0 spiro atoms. The SMILES string of the molecule is CCn1cc(C(=O)Nc2cnn(CC3CCCO3)c2)c2ccccc21. The van der Waals surface area contributed by atoms with E-state index in [1.54, 1.807) is 6.20 Å². The van der Waals surface area contributed by atoms with Gasteiger partial charge in [0.05, 0.1) is 30.1 Å². The van der Waals surface area contributed by atoms with Crippen LogP contribution in [0.1, 0.15) is 30.1 Å². The van der Waals surface area contributed by atoms with Crippen molar-refractivity contribution in [3.05, 3.63) is 48.4 Å². The highest BCUT2D eigenvalue weighted by atomic mass is 16.5. The van der Waals surface area contributed by atoms with Crippen molar-refractivity contribution in [1.82, 2.24) is 14.3 Å². The van der Waals surface area contributed by atoms with E-state index >= 15 is 0 Å². The smallest absolute Gasteiger partial charge is 0.257 e. The third kappa shape index (κ3) is 3.17. The Hall–Kier alpha value is -2.60. The number of amides is 1. The summed E-state index contributed by atoms with van der Waals surface area (Å²) in [5, 5.41) is 8.25. The van der Waals surface area contributed by atoms with E-state index in [9.17, 15) is 4.79 Å². The number of benzene rings is 1. The van der Waals surface area contributed by atoms with Crippen molar-refractivity contribution in [2.75, 3.05) is 11.9 Å². The van der Waals surface area contributed by atoms with Crippen LogP contribution in [-0.2, 0) is 17.8 Å². The molecule has 3 aromatic rings. The zero-order chi connectivity index (χ0) is 17.2. The van der Waals surface area contributed by atoms with Crippen LogP contribution in [0.25, 0.3) is 10.9 Å². The van der Waals surface area contributed by atoms with Crippen LogP contribution in [0.15, 0.2) is 42.9 Å². The van der Waals surface area contributed by atoms with Crippen LogP contribution in [-0.4, -0.2) is 33.0 Å². The van der Waals surface area contributed by atoms with Crippen molar-refractivity contribution in [1.29, 1.82) is 0 Å². The Labute approximate surface area is 146 Å². The Balaban J connectivity index is 1.51. The number of fused-ring (bicyclic) bond motifs is 1. The fourth-order valence-corrected chi connectivity index (χ4v) is 3.41. The monoisotopic (exact) mass is 338 g/mol. The van der Waals surface area contributed by atoms with Crippen LogP contribution in [0.4, 0.5) is 5.69 Å². The predicted molar refractivity (Wildman–Crippen MR) is 96.8 cm³/mol. The minimum Gasteiger partial charge on any atom is -0.376 e. The number of rotatable bonds is 5. The third-order valence-electron chi connectivity index (χ3n) is 4.68. The van der Waals surface area contributed by atoms with E-state index in [1.165, 1.54) is 0 Å². The lowest BCUT2D eigenvalue weighted by atomic mass is 10.1. The summed E-state index contributed by atoms with van der Waals surface area (Å²) in [6.45, 7) is 4.46. The molecule has 0 saturated carbocycles. The number of hydrogen-bond donors (Lipinski definition) is 1. The first-order chi connectivity index (χ1) is 12.2. The largest absolute Gasteiger partial charge is 0.376 e. The number of hydrogen-bond acceptors (Lipinski definition) is 3. The molecule has 1 unspecified atom stereocenters. The molecule has 6 heteroatoms. The number of carbonyl (C=O) groups is 1. The highest BCUT2D eigenvalue weighted by Crippen LogP contribution is 2.22. The first-order valence-electron chi connectivity index (χ1n) is 8.78. The zero-order valence-electron chi connectivity index (χ0n) is 14.3. The molecule has 2 aromatic heterocycles. The minimum atomic E-state index is -0.111. The summed E-state index contributed by atoms with van der Waals surface area (Å²) in [4.78, 5) is 12.7. The Morgan fingerprint density at radius 1 is 1.36 bits per heavy atom. The lowest BCUT2D eigenvalue weighted by molar-refractivity contribution is 0.0940. The summed E-state index contributed by atoms with van der Waals surface area (Å²) in [5.41, 5.74) is 2.46. The molecule has 1 aromatic carbocycles. The highest BCUT2D eigenvalue weighted by Gasteiger charge is 2.18. The van der Waals surface area contributed by atoms with Gasteiger partial charge in [0.25, 0.3) is 5.91 Å². The zero-order valence-corrected chi connectivity index (χ0v) is 14.3. The number of anilines is 1. The molecule has 6 nitrogen and oxygen atoms in total. The number of nitrogens with one attached hydrogen (secondary N) is 1. The molecule has 1 aliphatic rings. The molecule has 1 fully saturated rings. The van der Waals surface area contributed by atoms with Gasteiger partial charge >= 0.3 is 0 Å². The summed E-state index contributed by atoms with van der Waals surface area (Å²) in [7, 11) is 0. The van der Waals surface area contributed by atoms with Crippen molar-refractivity contribution in [3.8, 4) is 0 Å². The molecule has 0 aliphatic carbocycles. The fourth-order valence-electron chi connectivity index (χ4n) is 3.41. The van der Waals surface area contributed by atoms with Crippen LogP contribution < -0.4 is 5.32 Å². The summed E-state index contributed by atoms with van der Waals surface area (Å²) >= 11 is 0. The molecule has 0 bridgehead atoms. The molecule has 1 amide bonds. The average Bonchev–Trinajstić information content (AvgIpc) is 3.35. The Bertz CT molecular complexity index is 890. The molecular weight excluding hydrogens is 316 g/mol. The maximum absolute atomic E-state index is 12.7. The van der Waals surface area contributed by atoms with Crippen LogP contribution >= 0.6 is 0 Å². The molecule has 4 rings (SSSR count). The van der Waals surface area contributed by atoms with E-state index in [4.69, 9.17) is 4.74 Å². The van der Waals surface area contributed by atoms with Gasteiger partial charge in [-0.1, -0.05) is 18.2 Å². The molecular formula is C19H22N4O2. The van der Waals surface area contributed by atoms with Gasteiger partial charge in [-0.3, -0.25) is 9.48 Å². The van der Waals surface area contributed by atoms with E-state index in [1.807, 2.05) is 41.3 Å². The van der Waals surface area contributed by atoms with Crippen molar-refractivity contribution in [2.24, 2.45) is 0 Å². The van der Waals surface area contributed by atoms with Gasteiger partial charge in [0.1, 0.15) is 0 Å². The van der Waals surface area contributed by atoms with Crippen molar-refractivity contribution in [2.45, 2.75) is 39.0 Å². The normalized spacial score (nSPS) is 17.2. The lowest BCUT2D eigenvalue weighted by Gasteiger charge is -2.08. The quantitative estimate of drug-likeness (QED) is 0.776. The molecule has 1 aliphatic heterocycles. The maximum Gasteiger partial charge on any atom is 0.257 e. The van der Waals surface area contributed by atoms with E-state index in [2.05, 4.69) is 21.9 Å². The van der Waals surface area contributed by atoms with Gasteiger partial charge in [0.15, 0.2) is 0 Å². The third-order valence-corrected chi connectivity index (χ3v) is 4.68. The summed E-state index contributed by atoms with van der Waals surface area (Å²) < 4.78 is 9.55. The van der Waals surface area contributed by atoms with Crippen molar-refractivity contribution in [3.63, 3.8) is 0 Å². The van der Waals surface area contributed by atoms with Gasteiger partial charge in [-0.05, 0) is 25.8 Å². The standard InChI is InChI=1S/C19H22N4O2/c1-2-22-13-17(16-7-3-4-8-18(16)22)19(24)21-14-10-20-23(11-14)12-15-6-5-9-25-15/h3-4,7-8,10-11,13,15H,2,5-6,9,12H2,1H3,(H,21,24). The van der Waals surface area contributed by atoms with Gasteiger partial charge in [0, 0.05) is 36.4 Å². The van der Waals surface area contributed by atoms with Crippen LogP contribution in [0.5, 0.6) is 0 Å². The van der Waals surface area contributed by atoms with Gasteiger partial charge in [0.2, 0.25) is 0 Å². The van der Waals surface area contributed by atoms with Gasteiger partial charge in [-0.15, -0.1) is 0 Å². The number of aryl methyl sites for hydroxylation is 1. The Kier molecular flexibility index (Phi) is 4.28. The summed E-state index contributed by atoms with van der Waals surface area (Å²) in [5.74, 6) is -0.111.